The first-order chi connectivity index (χ1) is 12.5. The number of aliphatic hydroxyl groups excluding tert-OH is 1. The topological polar surface area (TPSA) is 88.8 Å². The molecule has 3 heterocycles. The largest absolute Gasteiger partial charge is 0.493 e. The molecule has 0 aliphatic carbocycles. The van der Waals surface area contributed by atoms with Gasteiger partial charge in [-0.2, -0.15) is 11.3 Å². The molecule has 1 aliphatic rings. The molecule has 0 saturated carbocycles. The molecule has 1 atom stereocenters. The van der Waals surface area contributed by atoms with Gasteiger partial charge in [-0.25, -0.2) is 13.1 Å². The van der Waals surface area contributed by atoms with Gasteiger partial charge in [0.25, 0.3) is 0 Å². The number of rotatable bonds is 6. The second kappa shape index (κ2) is 6.88. The minimum atomic E-state index is -3.73. The number of fused-ring (bicyclic) bond motifs is 1. The Morgan fingerprint density at radius 2 is 2.12 bits per heavy atom. The number of thiophene rings is 1. The summed E-state index contributed by atoms with van der Waals surface area (Å²) in [6.07, 6.45) is -0.381. The lowest BCUT2D eigenvalue weighted by Crippen LogP contribution is -2.28. The Kier molecular flexibility index (Phi) is 4.58. The van der Waals surface area contributed by atoms with Crippen molar-refractivity contribution in [2.75, 3.05) is 13.2 Å². The maximum atomic E-state index is 12.5. The van der Waals surface area contributed by atoms with E-state index in [1.54, 1.807) is 35.6 Å². The van der Waals surface area contributed by atoms with Gasteiger partial charge in [-0.15, -0.1) is 0 Å². The van der Waals surface area contributed by atoms with Crippen molar-refractivity contribution in [3.8, 4) is 17.1 Å². The average Bonchev–Trinajstić information content (AvgIpc) is 3.39. The van der Waals surface area contributed by atoms with Crippen molar-refractivity contribution in [1.29, 1.82) is 0 Å². The van der Waals surface area contributed by atoms with E-state index in [2.05, 4.69) is 4.72 Å². The number of aliphatic hydroxyl groups is 1. The second-order valence-electron chi connectivity index (χ2n) is 5.95. The predicted molar refractivity (Wildman–Crippen MR) is 97.8 cm³/mol. The molecule has 136 valence electrons. The molecule has 0 bridgehead atoms. The van der Waals surface area contributed by atoms with Crippen molar-refractivity contribution >= 4 is 21.4 Å². The van der Waals surface area contributed by atoms with Crippen LogP contribution in [0.25, 0.3) is 11.3 Å². The van der Waals surface area contributed by atoms with E-state index < -0.39 is 16.1 Å². The van der Waals surface area contributed by atoms with E-state index in [1.807, 2.05) is 16.8 Å². The van der Waals surface area contributed by atoms with Crippen LogP contribution in [0.15, 0.2) is 56.5 Å². The molecule has 2 N–H and O–H groups in total. The molecule has 1 aromatic carbocycles. The average molecular weight is 391 g/mol. The van der Waals surface area contributed by atoms with Gasteiger partial charge in [0, 0.05) is 23.9 Å². The number of benzene rings is 1. The van der Waals surface area contributed by atoms with Crippen molar-refractivity contribution < 1.29 is 22.7 Å². The Morgan fingerprint density at radius 3 is 2.92 bits per heavy atom. The Morgan fingerprint density at radius 1 is 1.23 bits per heavy atom. The first kappa shape index (κ1) is 17.3. The van der Waals surface area contributed by atoms with E-state index in [4.69, 9.17) is 9.15 Å². The van der Waals surface area contributed by atoms with Gasteiger partial charge in [0.15, 0.2) is 0 Å². The Labute approximate surface area is 155 Å². The SMILES string of the molecule is O=S(=O)(NCC(O)c1ccc(-c2ccsc2)o1)c1ccc2c(c1)CCO2. The highest BCUT2D eigenvalue weighted by Crippen LogP contribution is 2.29. The number of sulfonamides is 1. The lowest BCUT2D eigenvalue weighted by Gasteiger charge is -2.11. The van der Waals surface area contributed by atoms with Gasteiger partial charge in [-0.05, 0) is 47.3 Å². The van der Waals surface area contributed by atoms with Gasteiger partial charge in [0.05, 0.1) is 11.5 Å². The van der Waals surface area contributed by atoms with Crippen LogP contribution in [0.1, 0.15) is 17.4 Å². The smallest absolute Gasteiger partial charge is 0.240 e. The summed E-state index contributed by atoms with van der Waals surface area (Å²) in [5.74, 6) is 1.68. The highest BCUT2D eigenvalue weighted by atomic mass is 32.2. The number of furan rings is 1. The molecular formula is C18H17NO5S2. The molecule has 26 heavy (non-hydrogen) atoms. The summed E-state index contributed by atoms with van der Waals surface area (Å²) in [5, 5.41) is 14.1. The van der Waals surface area contributed by atoms with E-state index in [9.17, 15) is 13.5 Å². The van der Waals surface area contributed by atoms with Crippen LogP contribution in [-0.2, 0) is 16.4 Å². The van der Waals surface area contributed by atoms with Crippen molar-refractivity contribution in [3.63, 3.8) is 0 Å². The maximum Gasteiger partial charge on any atom is 0.240 e. The van der Waals surface area contributed by atoms with Gasteiger partial charge < -0.3 is 14.3 Å². The van der Waals surface area contributed by atoms with E-state index in [1.165, 1.54) is 6.07 Å². The van der Waals surface area contributed by atoms with Crippen molar-refractivity contribution in [2.24, 2.45) is 0 Å². The molecule has 0 radical (unpaired) electrons. The zero-order chi connectivity index (χ0) is 18.1. The van der Waals surface area contributed by atoms with Crippen LogP contribution in [0.2, 0.25) is 0 Å². The number of hydrogen-bond donors (Lipinski definition) is 2. The van der Waals surface area contributed by atoms with E-state index >= 15 is 0 Å². The van der Waals surface area contributed by atoms with Gasteiger partial charge in [0.1, 0.15) is 23.4 Å². The fourth-order valence-corrected chi connectivity index (χ4v) is 4.53. The van der Waals surface area contributed by atoms with Gasteiger partial charge in [-0.1, -0.05) is 0 Å². The molecule has 4 rings (SSSR count). The van der Waals surface area contributed by atoms with Gasteiger partial charge in [0.2, 0.25) is 10.0 Å². The predicted octanol–water partition coefficient (Wildman–Crippen LogP) is 2.95. The summed E-state index contributed by atoms with van der Waals surface area (Å²) >= 11 is 1.55. The van der Waals surface area contributed by atoms with Crippen LogP contribution < -0.4 is 9.46 Å². The van der Waals surface area contributed by atoms with Gasteiger partial charge in [-0.3, -0.25) is 0 Å². The lowest BCUT2D eigenvalue weighted by molar-refractivity contribution is 0.155. The van der Waals surface area contributed by atoms with Crippen LogP contribution in [0.3, 0.4) is 0 Å². The molecule has 3 aromatic rings. The van der Waals surface area contributed by atoms with Crippen LogP contribution in [-0.4, -0.2) is 26.7 Å². The molecule has 0 amide bonds. The summed E-state index contributed by atoms with van der Waals surface area (Å²) in [6.45, 7) is 0.391. The third-order valence-corrected chi connectivity index (χ3v) is 6.30. The summed E-state index contributed by atoms with van der Waals surface area (Å²) in [6, 6.07) is 10.1. The fourth-order valence-electron chi connectivity index (χ4n) is 2.79. The third-order valence-electron chi connectivity index (χ3n) is 4.20. The summed E-state index contributed by atoms with van der Waals surface area (Å²) < 4.78 is 38.4. The summed E-state index contributed by atoms with van der Waals surface area (Å²) in [4.78, 5) is 0.160. The van der Waals surface area contributed by atoms with E-state index in [0.29, 0.717) is 24.5 Å². The molecule has 2 aromatic heterocycles. The molecule has 0 fully saturated rings. The van der Waals surface area contributed by atoms with Gasteiger partial charge >= 0.3 is 0 Å². The van der Waals surface area contributed by atoms with Crippen molar-refractivity contribution in [2.45, 2.75) is 17.4 Å². The molecular weight excluding hydrogens is 374 g/mol. The summed E-state index contributed by atoms with van der Waals surface area (Å²) in [5.41, 5.74) is 1.80. The van der Waals surface area contributed by atoms with Crippen LogP contribution in [0, 0.1) is 0 Å². The Balaban J connectivity index is 1.44. The quantitative estimate of drug-likeness (QED) is 0.674. The van der Waals surface area contributed by atoms with Crippen molar-refractivity contribution in [1.82, 2.24) is 4.72 Å². The molecule has 6 nitrogen and oxygen atoms in total. The molecule has 1 unspecified atom stereocenters. The number of nitrogens with one attached hydrogen (secondary N) is 1. The summed E-state index contributed by atoms with van der Waals surface area (Å²) in [7, 11) is -3.73. The molecule has 0 spiro atoms. The first-order valence-corrected chi connectivity index (χ1v) is 10.5. The van der Waals surface area contributed by atoms with Crippen LogP contribution >= 0.6 is 11.3 Å². The molecule has 0 saturated heterocycles. The van der Waals surface area contributed by atoms with E-state index in [-0.39, 0.29) is 11.4 Å². The highest BCUT2D eigenvalue weighted by molar-refractivity contribution is 7.89. The number of hydrogen-bond acceptors (Lipinski definition) is 6. The zero-order valence-corrected chi connectivity index (χ0v) is 15.3. The first-order valence-electron chi connectivity index (χ1n) is 8.09. The maximum absolute atomic E-state index is 12.5. The molecule has 1 aliphatic heterocycles. The normalized spacial score (nSPS) is 14.8. The minimum absolute atomic E-state index is 0.160. The lowest BCUT2D eigenvalue weighted by atomic mass is 10.2. The Bertz CT molecular complexity index is 1010. The zero-order valence-electron chi connectivity index (χ0n) is 13.7. The van der Waals surface area contributed by atoms with Crippen LogP contribution in [0.4, 0.5) is 0 Å². The third kappa shape index (κ3) is 3.41. The van der Waals surface area contributed by atoms with Crippen LogP contribution in [0.5, 0.6) is 5.75 Å². The number of ether oxygens (including phenoxy) is 1. The Hall–Kier alpha value is -2.13. The highest BCUT2D eigenvalue weighted by Gasteiger charge is 2.21. The fraction of sp³-hybridized carbons (Fsp3) is 0.222. The standard InChI is InChI=1S/C18H17NO5S2/c20-15(18-4-3-17(24-18)13-6-8-25-11-13)10-19-26(21,22)14-1-2-16-12(9-14)5-7-23-16/h1-4,6,8-9,11,15,19-20H,5,7,10H2. The monoisotopic (exact) mass is 391 g/mol. The minimum Gasteiger partial charge on any atom is -0.493 e. The van der Waals surface area contributed by atoms with Crippen molar-refractivity contribution in [3.05, 3.63) is 58.5 Å². The van der Waals surface area contributed by atoms with E-state index in [0.717, 1.165) is 16.9 Å². The molecule has 8 heteroatoms. The second-order valence-corrected chi connectivity index (χ2v) is 8.50.